The number of carbonyl (C=O) groups excluding carboxylic acids is 1. The molecule has 2 heterocycles. The predicted molar refractivity (Wildman–Crippen MR) is 80.9 cm³/mol. The number of aromatic nitrogens is 1. The summed E-state index contributed by atoms with van der Waals surface area (Å²) in [4.78, 5) is 17.6. The van der Waals surface area contributed by atoms with Gasteiger partial charge in [-0.05, 0) is 50.0 Å². The van der Waals surface area contributed by atoms with Gasteiger partial charge in [-0.15, -0.1) is 0 Å². The zero-order valence-electron chi connectivity index (χ0n) is 11.9. The van der Waals surface area contributed by atoms with Gasteiger partial charge in [-0.2, -0.15) is 0 Å². The van der Waals surface area contributed by atoms with Crippen LogP contribution in [0, 0.1) is 5.92 Å². The van der Waals surface area contributed by atoms with E-state index in [9.17, 15) is 4.79 Å². The Bertz CT molecular complexity index is 599. The maximum Gasteiger partial charge on any atom is 0.254 e. The van der Waals surface area contributed by atoms with E-state index in [1.807, 2.05) is 42.4 Å². The second-order valence-corrected chi connectivity index (χ2v) is 5.64. The first kappa shape index (κ1) is 13.2. The van der Waals surface area contributed by atoms with Crippen molar-refractivity contribution in [3.05, 3.63) is 36.0 Å². The van der Waals surface area contributed by atoms with Crippen LogP contribution in [0.15, 0.2) is 30.5 Å². The van der Waals surface area contributed by atoms with Gasteiger partial charge in [0, 0.05) is 36.3 Å². The number of hydrogen-bond donors (Lipinski definition) is 2. The molecular weight excluding hydrogens is 250 g/mol. The van der Waals surface area contributed by atoms with E-state index >= 15 is 0 Å². The second-order valence-electron chi connectivity index (χ2n) is 5.64. The summed E-state index contributed by atoms with van der Waals surface area (Å²) < 4.78 is 0. The number of H-pyrrole nitrogens is 1. The number of carbonyl (C=O) groups is 1. The lowest BCUT2D eigenvalue weighted by Gasteiger charge is -2.27. The van der Waals surface area contributed by atoms with Crippen LogP contribution < -0.4 is 5.32 Å². The lowest BCUT2D eigenvalue weighted by molar-refractivity contribution is 0.0766. The van der Waals surface area contributed by atoms with Crippen molar-refractivity contribution in [3.8, 4) is 0 Å². The molecule has 0 spiro atoms. The van der Waals surface area contributed by atoms with Crippen LogP contribution in [-0.2, 0) is 0 Å². The minimum atomic E-state index is 0.112. The van der Waals surface area contributed by atoms with Gasteiger partial charge in [0.1, 0.15) is 0 Å². The van der Waals surface area contributed by atoms with Crippen LogP contribution >= 0.6 is 0 Å². The van der Waals surface area contributed by atoms with Crippen LogP contribution in [0.25, 0.3) is 10.9 Å². The van der Waals surface area contributed by atoms with Gasteiger partial charge < -0.3 is 15.2 Å². The fraction of sp³-hybridized carbons (Fsp3) is 0.438. The monoisotopic (exact) mass is 271 g/mol. The Kier molecular flexibility index (Phi) is 3.74. The number of aromatic amines is 1. The largest absolute Gasteiger partial charge is 0.361 e. The topological polar surface area (TPSA) is 48.1 Å². The van der Waals surface area contributed by atoms with Crippen molar-refractivity contribution in [3.63, 3.8) is 0 Å². The van der Waals surface area contributed by atoms with E-state index in [4.69, 9.17) is 0 Å². The number of piperidine rings is 1. The highest BCUT2D eigenvalue weighted by atomic mass is 16.2. The van der Waals surface area contributed by atoms with Crippen molar-refractivity contribution < 1.29 is 4.79 Å². The molecule has 4 heteroatoms. The summed E-state index contributed by atoms with van der Waals surface area (Å²) in [5.74, 6) is 0.684. The van der Waals surface area contributed by atoms with E-state index in [2.05, 4.69) is 10.3 Å². The maximum atomic E-state index is 12.6. The van der Waals surface area contributed by atoms with E-state index < -0.39 is 0 Å². The molecule has 0 saturated carbocycles. The van der Waals surface area contributed by atoms with Crippen molar-refractivity contribution in [2.45, 2.75) is 12.8 Å². The fourth-order valence-electron chi connectivity index (χ4n) is 3.03. The molecule has 1 fully saturated rings. The summed E-state index contributed by atoms with van der Waals surface area (Å²) in [7, 11) is 1.91. The average molecular weight is 271 g/mol. The van der Waals surface area contributed by atoms with Crippen molar-refractivity contribution >= 4 is 16.8 Å². The van der Waals surface area contributed by atoms with Gasteiger partial charge in [0.05, 0.1) is 0 Å². The fourth-order valence-corrected chi connectivity index (χ4v) is 3.03. The lowest BCUT2D eigenvalue weighted by Crippen LogP contribution is -2.39. The molecule has 1 aliphatic heterocycles. The van der Waals surface area contributed by atoms with Gasteiger partial charge in [0.25, 0.3) is 5.91 Å². The van der Waals surface area contributed by atoms with Crippen LogP contribution in [0.4, 0.5) is 0 Å². The molecule has 1 unspecified atom stereocenters. The molecule has 2 aromatic rings. The Labute approximate surface area is 119 Å². The number of fused-ring (bicyclic) bond motifs is 1. The Morgan fingerprint density at radius 1 is 1.40 bits per heavy atom. The van der Waals surface area contributed by atoms with E-state index in [1.165, 1.54) is 12.8 Å². The number of amides is 1. The Morgan fingerprint density at radius 3 is 3.10 bits per heavy atom. The first-order valence-electron chi connectivity index (χ1n) is 7.28. The molecular formula is C16H21N3O. The SMILES string of the molecule is CN(CC1CCCNC1)C(=O)c1cccc2[nH]ccc12. The van der Waals surface area contributed by atoms with Crippen LogP contribution in [0.3, 0.4) is 0 Å². The second kappa shape index (κ2) is 5.67. The molecule has 1 atom stereocenters. The molecule has 0 bridgehead atoms. The van der Waals surface area contributed by atoms with Gasteiger partial charge in [0.2, 0.25) is 0 Å². The van der Waals surface area contributed by atoms with Crippen molar-refractivity contribution in [2.75, 3.05) is 26.7 Å². The third kappa shape index (κ3) is 2.56. The minimum Gasteiger partial charge on any atom is -0.361 e. The van der Waals surface area contributed by atoms with Gasteiger partial charge >= 0.3 is 0 Å². The van der Waals surface area contributed by atoms with E-state index in [0.29, 0.717) is 5.92 Å². The van der Waals surface area contributed by atoms with Crippen molar-refractivity contribution in [1.82, 2.24) is 15.2 Å². The van der Waals surface area contributed by atoms with Crippen LogP contribution in [-0.4, -0.2) is 42.5 Å². The third-order valence-electron chi connectivity index (χ3n) is 4.10. The summed E-state index contributed by atoms with van der Waals surface area (Å²) >= 11 is 0. The zero-order chi connectivity index (χ0) is 13.9. The molecule has 20 heavy (non-hydrogen) atoms. The molecule has 0 radical (unpaired) electrons. The molecule has 1 aliphatic rings. The van der Waals surface area contributed by atoms with Gasteiger partial charge in [-0.25, -0.2) is 0 Å². The molecule has 1 aromatic carbocycles. The highest BCUT2D eigenvalue weighted by molar-refractivity contribution is 6.06. The van der Waals surface area contributed by atoms with Crippen LogP contribution in [0.1, 0.15) is 23.2 Å². The average Bonchev–Trinajstić information content (AvgIpc) is 2.96. The van der Waals surface area contributed by atoms with Crippen molar-refractivity contribution in [2.24, 2.45) is 5.92 Å². The molecule has 106 valence electrons. The number of nitrogens with zero attached hydrogens (tertiary/aromatic N) is 1. The minimum absolute atomic E-state index is 0.112. The number of nitrogens with one attached hydrogen (secondary N) is 2. The number of rotatable bonds is 3. The van der Waals surface area contributed by atoms with Gasteiger partial charge in [0.15, 0.2) is 0 Å². The van der Waals surface area contributed by atoms with Gasteiger partial charge in [-0.3, -0.25) is 4.79 Å². The van der Waals surface area contributed by atoms with Crippen LogP contribution in [0.2, 0.25) is 0 Å². The Morgan fingerprint density at radius 2 is 2.30 bits per heavy atom. The molecule has 1 amide bonds. The van der Waals surface area contributed by atoms with E-state index in [-0.39, 0.29) is 5.91 Å². The maximum absolute atomic E-state index is 12.6. The van der Waals surface area contributed by atoms with Crippen LogP contribution in [0.5, 0.6) is 0 Å². The lowest BCUT2D eigenvalue weighted by atomic mass is 9.99. The summed E-state index contributed by atoms with van der Waals surface area (Å²) in [5, 5.41) is 4.41. The third-order valence-corrected chi connectivity index (χ3v) is 4.10. The summed E-state index contributed by atoms with van der Waals surface area (Å²) in [6.07, 6.45) is 4.30. The first-order valence-corrected chi connectivity index (χ1v) is 7.28. The summed E-state index contributed by atoms with van der Waals surface area (Å²) in [6, 6.07) is 7.81. The van der Waals surface area contributed by atoms with Gasteiger partial charge in [-0.1, -0.05) is 6.07 Å². The summed E-state index contributed by atoms with van der Waals surface area (Å²) in [5.41, 5.74) is 1.80. The van der Waals surface area contributed by atoms with E-state index in [0.717, 1.165) is 36.1 Å². The highest BCUT2D eigenvalue weighted by Crippen LogP contribution is 2.20. The zero-order valence-corrected chi connectivity index (χ0v) is 11.9. The normalized spacial score (nSPS) is 19.1. The molecule has 1 saturated heterocycles. The standard InChI is InChI=1S/C16H21N3O/c1-19(11-12-4-3-8-17-10-12)16(20)14-5-2-6-15-13(14)7-9-18-15/h2,5-7,9,12,17-18H,3-4,8,10-11H2,1H3. The first-order chi connectivity index (χ1) is 9.75. The molecule has 1 aromatic heterocycles. The molecule has 2 N–H and O–H groups in total. The van der Waals surface area contributed by atoms with E-state index in [1.54, 1.807) is 0 Å². The highest BCUT2D eigenvalue weighted by Gasteiger charge is 2.20. The Hall–Kier alpha value is -1.81. The molecule has 4 nitrogen and oxygen atoms in total. The molecule has 0 aliphatic carbocycles. The molecule has 3 rings (SSSR count). The predicted octanol–water partition coefficient (Wildman–Crippen LogP) is 2.24. The smallest absolute Gasteiger partial charge is 0.254 e. The number of benzene rings is 1. The Balaban J connectivity index is 1.75. The quantitative estimate of drug-likeness (QED) is 0.899. The summed E-state index contributed by atoms with van der Waals surface area (Å²) in [6.45, 7) is 2.95. The van der Waals surface area contributed by atoms with Crippen molar-refractivity contribution in [1.29, 1.82) is 0 Å². The number of hydrogen-bond acceptors (Lipinski definition) is 2.